The van der Waals surface area contributed by atoms with Gasteiger partial charge in [0.05, 0.1) is 29.4 Å². The zero-order valence-electron chi connectivity index (χ0n) is 19.7. The molecule has 5 rings (SSSR count). The normalized spacial score (nSPS) is 31.4. The summed E-state index contributed by atoms with van der Waals surface area (Å²) in [6, 6.07) is 5.40. The molecule has 0 bridgehead atoms. The molecule has 2 aliphatic carbocycles. The van der Waals surface area contributed by atoms with Crippen LogP contribution < -0.4 is 5.73 Å². The number of aliphatic hydroxyl groups excluding tert-OH is 1. The number of benzene rings is 2. The Morgan fingerprint density at radius 2 is 1.69 bits per heavy atom. The largest absolute Gasteiger partial charge is 0.507 e. The van der Waals surface area contributed by atoms with Crippen LogP contribution in [0.2, 0.25) is 0 Å². The predicted molar refractivity (Wildman–Crippen MR) is 124 cm³/mol. The third-order valence-electron chi connectivity index (χ3n) is 7.50. The number of hydrogen-bond acceptors (Lipinski definition) is 10. The van der Waals surface area contributed by atoms with Crippen molar-refractivity contribution in [2.24, 2.45) is 5.73 Å². The molecule has 10 heteroatoms. The lowest BCUT2D eigenvalue weighted by molar-refractivity contribution is -0.247. The average Bonchev–Trinajstić information content (AvgIpc) is 2.82. The summed E-state index contributed by atoms with van der Waals surface area (Å²) in [4.78, 5) is 39.0. The maximum absolute atomic E-state index is 13.3. The van der Waals surface area contributed by atoms with Gasteiger partial charge in [-0.1, -0.05) is 24.3 Å². The number of hydrogen-bond donors (Lipinski definition) is 5. The van der Waals surface area contributed by atoms with Gasteiger partial charge in [-0.3, -0.25) is 14.4 Å². The molecule has 0 aromatic heterocycles. The van der Waals surface area contributed by atoms with Crippen LogP contribution in [0.4, 0.5) is 0 Å². The Balaban J connectivity index is 1.66. The van der Waals surface area contributed by atoms with E-state index in [9.17, 15) is 34.8 Å². The molecular weight excluding hydrogens is 470 g/mol. The maximum Gasteiger partial charge on any atom is 0.198 e. The third kappa shape index (κ3) is 3.56. The Bertz CT molecular complexity index is 1290. The van der Waals surface area contributed by atoms with E-state index in [1.165, 1.54) is 19.1 Å². The van der Waals surface area contributed by atoms with Gasteiger partial charge >= 0.3 is 0 Å². The second-order valence-electron chi connectivity index (χ2n) is 9.80. The molecule has 2 aromatic rings. The summed E-state index contributed by atoms with van der Waals surface area (Å²) in [6.45, 7) is 2.80. The Hall–Kier alpha value is -3.15. The van der Waals surface area contributed by atoms with Crippen LogP contribution in [0.15, 0.2) is 24.3 Å². The lowest BCUT2D eigenvalue weighted by Gasteiger charge is -2.42. The van der Waals surface area contributed by atoms with Crippen molar-refractivity contribution in [2.45, 2.75) is 69.4 Å². The number of carbonyl (C=O) groups excluding carboxylic acids is 3. The van der Waals surface area contributed by atoms with Crippen LogP contribution in [0.5, 0.6) is 11.5 Å². The first kappa shape index (κ1) is 24.5. The highest BCUT2D eigenvalue weighted by molar-refractivity contribution is 6.30. The van der Waals surface area contributed by atoms with Gasteiger partial charge < -0.3 is 35.6 Å². The zero-order valence-corrected chi connectivity index (χ0v) is 19.7. The van der Waals surface area contributed by atoms with E-state index in [1.54, 1.807) is 19.1 Å². The van der Waals surface area contributed by atoms with E-state index in [0.29, 0.717) is 0 Å². The van der Waals surface area contributed by atoms with E-state index in [2.05, 4.69) is 0 Å². The smallest absolute Gasteiger partial charge is 0.198 e. The average molecular weight is 498 g/mol. The van der Waals surface area contributed by atoms with Crippen LogP contribution in [0.3, 0.4) is 0 Å². The second kappa shape index (κ2) is 8.46. The molecule has 10 nitrogen and oxygen atoms in total. The number of ether oxygens (including phenoxy) is 2. The number of phenols is 2. The first-order valence-electron chi connectivity index (χ1n) is 11.7. The topological polar surface area (TPSA) is 177 Å². The predicted octanol–water partition coefficient (Wildman–Crippen LogP) is 1.02. The summed E-state index contributed by atoms with van der Waals surface area (Å²) in [7, 11) is 0. The van der Waals surface area contributed by atoms with Crippen LogP contribution in [-0.2, 0) is 20.7 Å². The van der Waals surface area contributed by atoms with Crippen LogP contribution in [-0.4, -0.2) is 67.9 Å². The summed E-state index contributed by atoms with van der Waals surface area (Å²) in [5.41, 5.74) is 3.38. The van der Waals surface area contributed by atoms with Gasteiger partial charge in [-0.15, -0.1) is 0 Å². The Kier molecular flexibility index (Phi) is 5.77. The molecule has 1 aliphatic heterocycles. The number of carbonyl (C=O) groups is 3. The minimum absolute atomic E-state index is 0.00588. The molecule has 1 heterocycles. The van der Waals surface area contributed by atoms with Gasteiger partial charge in [-0.25, -0.2) is 0 Å². The molecule has 0 amide bonds. The van der Waals surface area contributed by atoms with Crippen molar-refractivity contribution in [1.82, 2.24) is 0 Å². The van der Waals surface area contributed by atoms with E-state index in [4.69, 9.17) is 15.2 Å². The van der Waals surface area contributed by atoms with E-state index in [1.807, 2.05) is 0 Å². The van der Waals surface area contributed by atoms with E-state index in [0.717, 1.165) is 0 Å². The van der Waals surface area contributed by atoms with Crippen molar-refractivity contribution < 1.29 is 44.3 Å². The van der Waals surface area contributed by atoms with Crippen LogP contribution in [0, 0.1) is 0 Å². The second-order valence-corrected chi connectivity index (χ2v) is 9.80. The molecule has 1 unspecified atom stereocenters. The minimum Gasteiger partial charge on any atom is -0.507 e. The standard InChI is InChI=1S/C26H27NO9/c1-10-21(29)15(27)7-17(35-10)36-16-9-26(34,11(2)28)8-14-18(16)25(33)20-19(24(14)32)22(30)12-5-3-4-6-13(12)23(20)31/h3-6,10,15-17,21,29,32-34H,7-9,27H2,1-2H3/t10-,15-,16+,17+,21?,26+/m1/s1. The molecule has 6 atom stereocenters. The van der Waals surface area contributed by atoms with Crippen molar-refractivity contribution in [3.05, 3.63) is 57.6 Å². The first-order chi connectivity index (χ1) is 16.9. The third-order valence-corrected chi connectivity index (χ3v) is 7.50. The van der Waals surface area contributed by atoms with Gasteiger partial charge in [0.1, 0.15) is 17.1 Å². The van der Waals surface area contributed by atoms with Crippen molar-refractivity contribution in [2.75, 3.05) is 0 Å². The molecule has 3 aliphatic rings. The van der Waals surface area contributed by atoms with E-state index < -0.39 is 71.5 Å². The fourth-order valence-electron chi connectivity index (χ4n) is 5.42. The number of aliphatic hydroxyl groups is 2. The molecule has 1 fully saturated rings. The van der Waals surface area contributed by atoms with E-state index >= 15 is 0 Å². The number of phenolic OH excluding ortho intramolecular Hbond substituents is 2. The quantitative estimate of drug-likeness (QED) is 0.328. The van der Waals surface area contributed by atoms with Crippen LogP contribution in [0.1, 0.15) is 75.8 Å². The molecule has 6 N–H and O–H groups in total. The van der Waals surface area contributed by atoms with E-state index in [-0.39, 0.29) is 46.2 Å². The first-order valence-corrected chi connectivity index (χ1v) is 11.7. The monoisotopic (exact) mass is 497 g/mol. The molecule has 0 saturated carbocycles. The lowest BCUT2D eigenvalue weighted by atomic mass is 9.72. The van der Waals surface area contributed by atoms with Gasteiger partial charge in [0.15, 0.2) is 23.6 Å². The molecule has 36 heavy (non-hydrogen) atoms. The summed E-state index contributed by atoms with van der Waals surface area (Å²) < 4.78 is 11.8. The van der Waals surface area contributed by atoms with Crippen molar-refractivity contribution >= 4 is 17.3 Å². The molecule has 1 saturated heterocycles. The van der Waals surface area contributed by atoms with Crippen molar-refractivity contribution in [1.29, 1.82) is 0 Å². The zero-order chi connectivity index (χ0) is 26.1. The SMILES string of the molecule is CC(=O)[C@]1(O)Cc2c(O)c3c(c(O)c2[C@@H](O[C@H]2C[C@@H](N)C(O)[C@@H](C)O2)C1)C(=O)c1ccccc1C3=O. The molecular formula is C26H27NO9. The van der Waals surface area contributed by atoms with Crippen molar-refractivity contribution in [3.63, 3.8) is 0 Å². The Morgan fingerprint density at radius 3 is 2.25 bits per heavy atom. The highest BCUT2D eigenvalue weighted by atomic mass is 16.7. The van der Waals surface area contributed by atoms with Crippen LogP contribution >= 0.6 is 0 Å². The number of ketones is 3. The number of aromatic hydroxyl groups is 2. The van der Waals surface area contributed by atoms with Gasteiger partial charge in [0.25, 0.3) is 0 Å². The molecule has 0 radical (unpaired) electrons. The number of Topliss-reactive ketones (excluding diaryl/α,β-unsaturated/α-hetero) is 1. The Morgan fingerprint density at radius 1 is 1.11 bits per heavy atom. The summed E-state index contributed by atoms with van der Waals surface area (Å²) in [5.74, 6) is -3.06. The van der Waals surface area contributed by atoms with Gasteiger partial charge in [0, 0.05) is 47.6 Å². The number of fused-ring (bicyclic) bond motifs is 3. The van der Waals surface area contributed by atoms with Gasteiger partial charge in [-0.2, -0.15) is 0 Å². The van der Waals surface area contributed by atoms with Gasteiger partial charge in [0.2, 0.25) is 0 Å². The Labute approximate surface area is 206 Å². The molecule has 2 aromatic carbocycles. The van der Waals surface area contributed by atoms with Gasteiger partial charge in [-0.05, 0) is 13.8 Å². The minimum atomic E-state index is -1.97. The summed E-state index contributed by atoms with van der Waals surface area (Å²) >= 11 is 0. The lowest BCUT2D eigenvalue weighted by Crippen LogP contribution is -2.52. The highest BCUT2D eigenvalue weighted by Crippen LogP contribution is 2.51. The number of nitrogens with two attached hydrogens (primary N) is 1. The fraction of sp³-hybridized carbons (Fsp3) is 0.423. The summed E-state index contributed by atoms with van der Waals surface area (Å²) in [6.07, 6.45) is -4.38. The highest BCUT2D eigenvalue weighted by Gasteiger charge is 2.49. The molecule has 0 spiro atoms. The maximum atomic E-state index is 13.3. The van der Waals surface area contributed by atoms with Crippen molar-refractivity contribution in [3.8, 4) is 11.5 Å². The van der Waals surface area contributed by atoms with Crippen LogP contribution in [0.25, 0.3) is 0 Å². The molecule has 190 valence electrons. The fourth-order valence-corrected chi connectivity index (χ4v) is 5.42. The summed E-state index contributed by atoms with van der Waals surface area (Å²) in [5, 5.41) is 43.8. The number of rotatable bonds is 3.